The summed E-state index contributed by atoms with van der Waals surface area (Å²) in [5, 5.41) is 32.3. The molecule has 3 rings (SSSR count). The third kappa shape index (κ3) is 5.37. The van der Waals surface area contributed by atoms with Crippen LogP contribution in [0.3, 0.4) is 0 Å². The number of nitro groups is 2. The minimum Gasteiger partial charge on any atom is -0.288 e. The van der Waals surface area contributed by atoms with Crippen molar-refractivity contribution >= 4 is 46.6 Å². The molecule has 0 aliphatic heterocycles. The first-order chi connectivity index (χ1) is 15.3. The first-order valence-corrected chi connectivity index (χ1v) is 10.1. The lowest BCUT2D eigenvalue weighted by Gasteiger charge is -2.07. The molecule has 0 amide bonds. The summed E-state index contributed by atoms with van der Waals surface area (Å²) in [6.45, 7) is 0. The zero-order valence-corrected chi connectivity index (χ0v) is 17.7. The number of nitro benzene ring substituents is 2. The maximum absolute atomic E-state index is 12.8. The van der Waals surface area contributed by atoms with Crippen LogP contribution in [0.5, 0.6) is 0 Å². The van der Waals surface area contributed by atoms with Crippen molar-refractivity contribution in [2.24, 2.45) is 0 Å². The molecule has 0 fully saturated rings. The van der Waals surface area contributed by atoms with Crippen LogP contribution in [0, 0.1) is 31.6 Å². The SMILES string of the molecule is N#C/C(=C/c1cc([N+](=O)[O-])ccc1Sc1ccc(Cl)cc1)C(=O)c1cccc([N+](=O)[O-])c1. The second kappa shape index (κ2) is 9.87. The molecule has 0 unspecified atom stereocenters. The number of ketones is 1. The quantitative estimate of drug-likeness (QED) is 0.135. The van der Waals surface area contributed by atoms with E-state index in [4.69, 9.17) is 11.6 Å². The number of hydrogen-bond donors (Lipinski definition) is 0. The van der Waals surface area contributed by atoms with E-state index in [1.54, 1.807) is 30.3 Å². The molecular weight excluding hydrogens is 454 g/mol. The summed E-state index contributed by atoms with van der Waals surface area (Å²) >= 11 is 7.18. The van der Waals surface area contributed by atoms with Crippen LogP contribution in [-0.2, 0) is 0 Å². The lowest BCUT2D eigenvalue weighted by Crippen LogP contribution is -2.03. The molecule has 10 heteroatoms. The fourth-order valence-electron chi connectivity index (χ4n) is 2.71. The highest BCUT2D eigenvalue weighted by Gasteiger charge is 2.18. The van der Waals surface area contributed by atoms with Crippen LogP contribution in [-0.4, -0.2) is 15.6 Å². The van der Waals surface area contributed by atoms with Crippen LogP contribution in [0.15, 0.2) is 82.1 Å². The second-order valence-electron chi connectivity index (χ2n) is 6.34. The molecule has 0 saturated carbocycles. The van der Waals surface area contributed by atoms with Crippen molar-refractivity contribution in [3.05, 3.63) is 109 Å². The van der Waals surface area contributed by atoms with Gasteiger partial charge in [-0.25, -0.2) is 0 Å². The smallest absolute Gasteiger partial charge is 0.270 e. The van der Waals surface area contributed by atoms with E-state index in [0.29, 0.717) is 9.92 Å². The number of nitrogens with zero attached hydrogens (tertiary/aromatic N) is 3. The van der Waals surface area contributed by atoms with Gasteiger partial charge in [0.15, 0.2) is 0 Å². The molecule has 0 aromatic heterocycles. The number of carbonyl (C=O) groups is 1. The molecule has 0 radical (unpaired) electrons. The van der Waals surface area contributed by atoms with Crippen LogP contribution in [0.4, 0.5) is 11.4 Å². The molecule has 0 N–H and O–H groups in total. The van der Waals surface area contributed by atoms with Crippen LogP contribution in [0.25, 0.3) is 6.08 Å². The molecule has 0 saturated heterocycles. The predicted octanol–water partition coefficient (Wildman–Crippen LogP) is 6.10. The Balaban J connectivity index is 2.05. The number of benzene rings is 3. The zero-order chi connectivity index (χ0) is 23.3. The normalized spacial score (nSPS) is 10.9. The maximum atomic E-state index is 12.8. The van der Waals surface area contributed by atoms with Crippen LogP contribution < -0.4 is 0 Å². The molecule has 32 heavy (non-hydrogen) atoms. The van der Waals surface area contributed by atoms with Crippen LogP contribution in [0.1, 0.15) is 15.9 Å². The largest absolute Gasteiger partial charge is 0.288 e. The minimum atomic E-state index is -0.731. The molecule has 8 nitrogen and oxygen atoms in total. The third-order valence-electron chi connectivity index (χ3n) is 4.23. The fraction of sp³-hybridized carbons (Fsp3) is 0. The summed E-state index contributed by atoms with van der Waals surface area (Å²) in [7, 11) is 0. The fourth-order valence-corrected chi connectivity index (χ4v) is 3.73. The molecule has 0 aliphatic carbocycles. The third-order valence-corrected chi connectivity index (χ3v) is 5.58. The zero-order valence-electron chi connectivity index (χ0n) is 16.1. The number of carbonyl (C=O) groups excluding carboxylic acids is 1. The van der Waals surface area contributed by atoms with Gasteiger partial charge in [-0.05, 0) is 42.0 Å². The minimum absolute atomic E-state index is 0.0377. The Kier molecular flexibility index (Phi) is 7.00. The Labute approximate surface area is 191 Å². The second-order valence-corrected chi connectivity index (χ2v) is 7.89. The predicted molar refractivity (Wildman–Crippen MR) is 120 cm³/mol. The van der Waals surface area contributed by atoms with Gasteiger partial charge in [-0.2, -0.15) is 5.26 Å². The number of allylic oxidation sites excluding steroid dienone is 1. The van der Waals surface area contributed by atoms with Gasteiger partial charge >= 0.3 is 0 Å². The summed E-state index contributed by atoms with van der Waals surface area (Å²) in [6.07, 6.45) is 1.24. The highest BCUT2D eigenvalue weighted by Crippen LogP contribution is 2.34. The van der Waals surface area contributed by atoms with Gasteiger partial charge in [0.1, 0.15) is 11.6 Å². The van der Waals surface area contributed by atoms with Crippen molar-refractivity contribution in [3.63, 3.8) is 0 Å². The van der Waals surface area contributed by atoms with Crippen molar-refractivity contribution in [2.45, 2.75) is 9.79 Å². The van der Waals surface area contributed by atoms with E-state index < -0.39 is 15.6 Å². The molecule has 0 atom stereocenters. The molecular formula is C22H12ClN3O5S. The van der Waals surface area contributed by atoms with E-state index in [1.807, 2.05) is 0 Å². The average molecular weight is 466 g/mol. The van der Waals surface area contributed by atoms with Crippen molar-refractivity contribution in [1.82, 2.24) is 0 Å². The van der Waals surface area contributed by atoms with Crippen molar-refractivity contribution in [2.75, 3.05) is 0 Å². The van der Waals surface area contributed by atoms with Crippen LogP contribution >= 0.6 is 23.4 Å². The van der Waals surface area contributed by atoms with E-state index in [2.05, 4.69) is 0 Å². The number of halogens is 1. The Morgan fingerprint density at radius 3 is 2.25 bits per heavy atom. The van der Waals surface area contributed by atoms with E-state index in [0.717, 1.165) is 11.0 Å². The topological polar surface area (TPSA) is 127 Å². The van der Waals surface area contributed by atoms with E-state index in [1.165, 1.54) is 54.2 Å². The summed E-state index contributed by atoms with van der Waals surface area (Å²) in [5.74, 6) is -0.731. The van der Waals surface area contributed by atoms with Crippen molar-refractivity contribution in [1.29, 1.82) is 5.26 Å². The average Bonchev–Trinajstić information content (AvgIpc) is 2.79. The highest BCUT2D eigenvalue weighted by molar-refractivity contribution is 7.99. The lowest BCUT2D eigenvalue weighted by atomic mass is 10.0. The standard InChI is InChI=1S/C22H12ClN3O5S/c23-17-4-7-20(8-5-17)32-21-9-6-19(26(30)31)12-15(21)10-16(13-24)22(27)14-2-1-3-18(11-14)25(28)29/h1-12H/b16-10-. The Morgan fingerprint density at radius 1 is 0.969 bits per heavy atom. The van der Waals surface area contributed by atoms with E-state index >= 15 is 0 Å². The highest BCUT2D eigenvalue weighted by atomic mass is 35.5. The molecule has 0 bridgehead atoms. The van der Waals surface area contributed by atoms with Crippen LogP contribution in [0.2, 0.25) is 5.02 Å². The number of Topliss-reactive ketones (excluding diaryl/α,β-unsaturated/α-hetero) is 1. The Bertz CT molecular complexity index is 1300. The summed E-state index contributed by atoms with van der Waals surface area (Å²) in [5.41, 5.74) is -0.568. The number of non-ortho nitro benzene ring substituents is 2. The van der Waals surface area contributed by atoms with Crippen molar-refractivity contribution in [3.8, 4) is 6.07 Å². The summed E-state index contributed by atoms with van der Waals surface area (Å²) in [6, 6.07) is 17.8. The number of nitriles is 1. The number of hydrogen-bond acceptors (Lipinski definition) is 7. The summed E-state index contributed by atoms with van der Waals surface area (Å²) < 4.78 is 0. The van der Waals surface area contributed by atoms with Gasteiger partial charge < -0.3 is 0 Å². The van der Waals surface area contributed by atoms with Gasteiger partial charge in [0.25, 0.3) is 11.4 Å². The monoisotopic (exact) mass is 465 g/mol. The van der Waals surface area contributed by atoms with Gasteiger partial charge in [0.2, 0.25) is 5.78 Å². The molecule has 158 valence electrons. The van der Waals surface area contributed by atoms with E-state index in [9.17, 15) is 30.3 Å². The Morgan fingerprint density at radius 2 is 1.62 bits per heavy atom. The molecule has 3 aromatic rings. The molecule has 0 aliphatic rings. The van der Waals surface area contributed by atoms with Gasteiger partial charge in [0.05, 0.1) is 9.85 Å². The molecule has 0 spiro atoms. The first kappa shape index (κ1) is 22.7. The van der Waals surface area contributed by atoms with Gasteiger partial charge in [-0.3, -0.25) is 25.0 Å². The van der Waals surface area contributed by atoms with Gasteiger partial charge in [-0.1, -0.05) is 35.5 Å². The summed E-state index contributed by atoms with van der Waals surface area (Å²) in [4.78, 5) is 35.2. The first-order valence-electron chi connectivity index (χ1n) is 8.91. The number of rotatable bonds is 7. The lowest BCUT2D eigenvalue weighted by molar-refractivity contribution is -0.385. The van der Waals surface area contributed by atoms with Gasteiger partial charge in [-0.15, -0.1) is 0 Å². The van der Waals surface area contributed by atoms with Gasteiger partial charge in [0, 0.05) is 44.6 Å². The van der Waals surface area contributed by atoms with E-state index in [-0.39, 0.29) is 28.1 Å². The maximum Gasteiger partial charge on any atom is 0.270 e. The molecule has 3 aromatic carbocycles. The van der Waals surface area contributed by atoms with Crippen molar-refractivity contribution < 1.29 is 14.6 Å². The molecule has 0 heterocycles. The Hall–Kier alpha value is -4.00.